The van der Waals surface area contributed by atoms with E-state index in [1.54, 1.807) is 6.08 Å². The molecule has 0 aliphatic carbocycles. The van der Waals surface area contributed by atoms with Crippen molar-refractivity contribution in [3.8, 4) is 22.2 Å². The highest BCUT2D eigenvalue weighted by Crippen LogP contribution is 2.31. The maximum absolute atomic E-state index is 11.9. The molecule has 8 heteroatoms. The first kappa shape index (κ1) is 16.3. The average Bonchev–Trinajstić information content (AvgIpc) is 3.36. The van der Waals surface area contributed by atoms with Crippen LogP contribution in [0.25, 0.3) is 16.8 Å². The number of hydrogen-bond acceptors (Lipinski definition) is 8. The number of thiophene rings is 1. The van der Waals surface area contributed by atoms with Crippen molar-refractivity contribution in [1.82, 2.24) is 10.1 Å². The van der Waals surface area contributed by atoms with Crippen molar-refractivity contribution in [2.24, 2.45) is 0 Å². The molecule has 0 bridgehead atoms. The van der Waals surface area contributed by atoms with Gasteiger partial charge in [0.2, 0.25) is 5.82 Å². The Labute approximate surface area is 152 Å². The van der Waals surface area contributed by atoms with E-state index in [9.17, 15) is 4.79 Å². The van der Waals surface area contributed by atoms with Gasteiger partial charge in [-0.25, -0.2) is 4.79 Å². The van der Waals surface area contributed by atoms with E-state index in [2.05, 4.69) is 10.1 Å². The molecule has 0 atom stereocenters. The van der Waals surface area contributed by atoms with Crippen molar-refractivity contribution in [3.63, 3.8) is 0 Å². The number of carbonyl (C=O) groups excluding carboxylic acids is 1. The molecule has 1 aliphatic heterocycles. The van der Waals surface area contributed by atoms with Crippen LogP contribution >= 0.6 is 11.3 Å². The molecule has 0 spiro atoms. The van der Waals surface area contributed by atoms with Gasteiger partial charge >= 0.3 is 5.97 Å². The molecule has 132 valence electrons. The van der Waals surface area contributed by atoms with Gasteiger partial charge in [0.25, 0.3) is 5.89 Å². The summed E-state index contributed by atoms with van der Waals surface area (Å²) in [7, 11) is 0. The minimum absolute atomic E-state index is 0.0807. The Balaban J connectivity index is 1.33. The van der Waals surface area contributed by atoms with Gasteiger partial charge in [-0.3, -0.25) is 0 Å². The van der Waals surface area contributed by atoms with Crippen LogP contribution in [0, 0.1) is 0 Å². The summed E-state index contributed by atoms with van der Waals surface area (Å²) < 4.78 is 21.2. The Morgan fingerprint density at radius 1 is 1.23 bits per heavy atom. The fraction of sp³-hybridized carbons (Fsp3) is 0.167. The summed E-state index contributed by atoms with van der Waals surface area (Å²) in [6.07, 6.45) is 2.98. The minimum Gasteiger partial charge on any atom is -0.486 e. The van der Waals surface area contributed by atoms with Gasteiger partial charge in [-0.1, -0.05) is 17.3 Å². The van der Waals surface area contributed by atoms with Crippen molar-refractivity contribution in [2.75, 3.05) is 13.2 Å². The molecule has 1 aromatic carbocycles. The number of carbonyl (C=O) groups is 1. The quantitative estimate of drug-likeness (QED) is 0.503. The molecule has 3 heterocycles. The van der Waals surface area contributed by atoms with E-state index in [1.165, 1.54) is 17.4 Å². The summed E-state index contributed by atoms with van der Waals surface area (Å²) >= 11 is 1.51. The molecule has 0 fully saturated rings. The van der Waals surface area contributed by atoms with Gasteiger partial charge < -0.3 is 18.7 Å². The zero-order chi connectivity index (χ0) is 17.8. The van der Waals surface area contributed by atoms with Gasteiger partial charge in [0.15, 0.2) is 18.1 Å². The number of rotatable bonds is 5. The molecule has 0 saturated heterocycles. The summed E-state index contributed by atoms with van der Waals surface area (Å²) in [5.74, 6) is 1.59. The SMILES string of the molecule is O=C(/C=C/c1ccc2c(c1)OCCO2)OCc1nc(-c2cccs2)no1. The number of ether oxygens (including phenoxy) is 3. The summed E-state index contributed by atoms with van der Waals surface area (Å²) in [6.45, 7) is 0.973. The first-order valence-electron chi connectivity index (χ1n) is 7.89. The van der Waals surface area contributed by atoms with E-state index in [0.717, 1.165) is 10.4 Å². The topological polar surface area (TPSA) is 83.7 Å². The number of hydrogen-bond donors (Lipinski definition) is 0. The highest BCUT2D eigenvalue weighted by molar-refractivity contribution is 7.13. The molecule has 26 heavy (non-hydrogen) atoms. The summed E-state index contributed by atoms with van der Waals surface area (Å²) in [5.41, 5.74) is 0.809. The highest BCUT2D eigenvalue weighted by atomic mass is 32.1. The van der Waals surface area contributed by atoms with E-state index >= 15 is 0 Å². The minimum atomic E-state index is -0.504. The third-order valence-corrected chi connectivity index (χ3v) is 4.39. The number of fused-ring (bicyclic) bond motifs is 1. The summed E-state index contributed by atoms with van der Waals surface area (Å²) in [5, 5.41) is 5.79. The van der Waals surface area contributed by atoms with Crippen LogP contribution in [0.15, 0.2) is 46.3 Å². The Morgan fingerprint density at radius 3 is 2.96 bits per heavy atom. The van der Waals surface area contributed by atoms with Crippen molar-refractivity contribution in [1.29, 1.82) is 0 Å². The maximum Gasteiger partial charge on any atom is 0.331 e. The number of benzene rings is 1. The van der Waals surface area contributed by atoms with Crippen molar-refractivity contribution in [2.45, 2.75) is 6.61 Å². The van der Waals surface area contributed by atoms with Crippen molar-refractivity contribution < 1.29 is 23.5 Å². The average molecular weight is 370 g/mol. The summed E-state index contributed by atoms with van der Waals surface area (Å²) in [4.78, 5) is 16.9. The molecule has 3 aromatic rings. The van der Waals surface area contributed by atoms with Crippen LogP contribution in [0.3, 0.4) is 0 Å². The highest BCUT2D eigenvalue weighted by Gasteiger charge is 2.12. The Bertz CT molecular complexity index is 933. The van der Waals surface area contributed by atoms with Crippen LogP contribution in [0.1, 0.15) is 11.5 Å². The predicted octanol–water partition coefficient (Wildman–Crippen LogP) is 3.33. The fourth-order valence-electron chi connectivity index (χ4n) is 2.33. The third kappa shape index (κ3) is 3.75. The molecule has 0 amide bonds. The fourth-order valence-corrected chi connectivity index (χ4v) is 2.98. The van der Waals surface area contributed by atoms with Crippen molar-refractivity contribution >= 4 is 23.4 Å². The predicted molar refractivity (Wildman–Crippen MR) is 93.9 cm³/mol. The number of esters is 1. The Hall–Kier alpha value is -3.13. The second-order valence-corrected chi connectivity index (χ2v) is 6.28. The zero-order valence-corrected chi connectivity index (χ0v) is 14.4. The van der Waals surface area contributed by atoms with E-state index < -0.39 is 5.97 Å². The largest absolute Gasteiger partial charge is 0.486 e. The second kappa shape index (κ2) is 7.40. The first-order chi connectivity index (χ1) is 12.8. The van der Waals surface area contributed by atoms with Gasteiger partial charge in [0.05, 0.1) is 4.88 Å². The second-order valence-electron chi connectivity index (χ2n) is 5.33. The van der Waals surface area contributed by atoms with E-state index in [1.807, 2.05) is 35.7 Å². The molecule has 0 saturated carbocycles. The van der Waals surface area contributed by atoms with Crippen LogP contribution in [-0.2, 0) is 16.1 Å². The smallest absolute Gasteiger partial charge is 0.331 e. The van der Waals surface area contributed by atoms with Gasteiger partial charge in [-0.15, -0.1) is 11.3 Å². The van der Waals surface area contributed by atoms with E-state index in [0.29, 0.717) is 30.5 Å². The molecule has 4 rings (SSSR count). The monoisotopic (exact) mass is 370 g/mol. The molecule has 0 radical (unpaired) electrons. The van der Waals surface area contributed by atoms with Crippen LogP contribution in [-0.4, -0.2) is 29.3 Å². The van der Waals surface area contributed by atoms with Gasteiger partial charge in [-0.05, 0) is 35.2 Å². The van der Waals surface area contributed by atoms with Crippen LogP contribution < -0.4 is 9.47 Å². The molecular formula is C18H14N2O5S. The van der Waals surface area contributed by atoms with E-state index in [4.69, 9.17) is 18.7 Å². The third-order valence-electron chi connectivity index (χ3n) is 3.53. The van der Waals surface area contributed by atoms with Gasteiger partial charge in [0.1, 0.15) is 13.2 Å². The molecule has 1 aliphatic rings. The molecule has 7 nitrogen and oxygen atoms in total. The number of aromatic nitrogens is 2. The maximum atomic E-state index is 11.9. The Morgan fingerprint density at radius 2 is 2.12 bits per heavy atom. The van der Waals surface area contributed by atoms with E-state index in [-0.39, 0.29) is 12.5 Å². The molecule has 0 N–H and O–H groups in total. The zero-order valence-electron chi connectivity index (χ0n) is 13.6. The molecule has 2 aromatic heterocycles. The Kier molecular flexibility index (Phi) is 4.65. The van der Waals surface area contributed by atoms with Crippen LogP contribution in [0.2, 0.25) is 0 Å². The van der Waals surface area contributed by atoms with Crippen LogP contribution in [0.5, 0.6) is 11.5 Å². The van der Waals surface area contributed by atoms with Crippen molar-refractivity contribution in [3.05, 3.63) is 53.2 Å². The lowest BCUT2D eigenvalue weighted by Crippen LogP contribution is -2.15. The lowest BCUT2D eigenvalue weighted by molar-refractivity contribution is -0.139. The lowest BCUT2D eigenvalue weighted by Gasteiger charge is -2.18. The molecular weight excluding hydrogens is 356 g/mol. The van der Waals surface area contributed by atoms with Gasteiger partial charge in [-0.2, -0.15) is 4.98 Å². The number of nitrogens with zero attached hydrogens (tertiary/aromatic N) is 2. The first-order valence-corrected chi connectivity index (χ1v) is 8.77. The molecule has 0 unspecified atom stereocenters. The standard InChI is InChI=1S/C18H14N2O5S/c21-17(6-4-12-3-5-13-14(10-12)23-8-7-22-13)24-11-16-19-18(20-25-16)15-2-1-9-26-15/h1-6,9-10H,7-8,11H2/b6-4+. The lowest BCUT2D eigenvalue weighted by atomic mass is 10.2. The normalized spacial score (nSPS) is 13.1. The van der Waals surface area contributed by atoms with Gasteiger partial charge in [0, 0.05) is 6.08 Å². The van der Waals surface area contributed by atoms with Crippen LogP contribution in [0.4, 0.5) is 0 Å². The summed E-state index contributed by atoms with van der Waals surface area (Å²) in [6, 6.07) is 9.25.